The van der Waals surface area contributed by atoms with Crippen LogP contribution in [0.4, 0.5) is 5.82 Å². The van der Waals surface area contributed by atoms with E-state index in [0.717, 1.165) is 0 Å². The predicted molar refractivity (Wildman–Crippen MR) is 72.9 cm³/mol. The van der Waals surface area contributed by atoms with Crippen LogP contribution in [0, 0.1) is 0 Å². The number of aromatic nitrogens is 4. The van der Waals surface area contributed by atoms with Crippen LogP contribution in [0.2, 0.25) is 0 Å². The molecule has 108 valence electrons. The number of hydrogen-bond acceptors (Lipinski definition) is 8. The molecule has 0 radical (unpaired) electrons. The Morgan fingerprint density at radius 3 is 2.76 bits per heavy atom. The highest BCUT2D eigenvalue weighted by atomic mass is 16.6. The fourth-order valence-electron chi connectivity index (χ4n) is 1.85. The van der Waals surface area contributed by atoms with Gasteiger partial charge in [0, 0.05) is 13.1 Å². The summed E-state index contributed by atoms with van der Waals surface area (Å²) in [5, 5.41) is 14.2. The van der Waals surface area contributed by atoms with Crippen LogP contribution in [-0.4, -0.2) is 33.1 Å². The summed E-state index contributed by atoms with van der Waals surface area (Å²) < 4.78 is 10.7. The molecule has 2 aromatic heterocycles. The van der Waals surface area contributed by atoms with E-state index in [2.05, 4.69) is 20.8 Å². The summed E-state index contributed by atoms with van der Waals surface area (Å²) in [7, 11) is 0. The van der Waals surface area contributed by atoms with E-state index in [0.29, 0.717) is 24.6 Å². The lowest BCUT2D eigenvalue weighted by molar-refractivity contribution is 0.309. The second-order valence-corrected chi connectivity index (χ2v) is 4.12. The van der Waals surface area contributed by atoms with Crippen molar-refractivity contribution in [1.82, 2.24) is 20.0 Å². The summed E-state index contributed by atoms with van der Waals surface area (Å²) in [5.74, 6) is -0.0747. The molecule has 3 N–H and O–H groups in total. The highest BCUT2D eigenvalue weighted by Crippen LogP contribution is 2.23. The van der Waals surface area contributed by atoms with Crippen LogP contribution in [0.25, 0.3) is 17.2 Å². The molecular formula is C12H12N6O3. The first-order valence-corrected chi connectivity index (χ1v) is 6.22. The molecule has 3 aromatic rings. The van der Waals surface area contributed by atoms with E-state index >= 15 is 0 Å². The third-order valence-electron chi connectivity index (χ3n) is 2.76. The highest BCUT2D eigenvalue weighted by Gasteiger charge is 2.22. The maximum Gasteiger partial charge on any atom is 0.446 e. The highest BCUT2D eigenvalue weighted by molar-refractivity contribution is 5.66. The molecule has 0 aliphatic carbocycles. The molecule has 0 aliphatic heterocycles. The van der Waals surface area contributed by atoms with Gasteiger partial charge in [-0.15, -0.1) is 0 Å². The van der Waals surface area contributed by atoms with Crippen molar-refractivity contribution in [2.75, 3.05) is 18.4 Å². The second-order valence-electron chi connectivity index (χ2n) is 4.12. The van der Waals surface area contributed by atoms with Gasteiger partial charge in [0.2, 0.25) is 11.6 Å². The molecule has 1 aromatic carbocycles. The topological polar surface area (TPSA) is 125 Å². The third-order valence-corrected chi connectivity index (χ3v) is 2.76. The zero-order valence-electron chi connectivity index (χ0n) is 10.9. The number of anilines is 1. The standard InChI is InChI=1S/C12H12N6O3/c13-6-7-14-10-9(15-21-16-10)11-17-20-12(19)18(11)8-4-2-1-3-5-8/h1-5H,6-7,13H2,(H,14,16). The van der Waals surface area contributed by atoms with Crippen LogP contribution >= 0.6 is 0 Å². The molecule has 3 rings (SSSR count). The molecule has 2 heterocycles. The molecule has 0 saturated heterocycles. The summed E-state index contributed by atoms with van der Waals surface area (Å²) >= 11 is 0. The fourth-order valence-corrected chi connectivity index (χ4v) is 1.85. The van der Waals surface area contributed by atoms with Crippen molar-refractivity contribution in [2.24, 2.45) is 5.73 Å². The van der Waals surface area contributed by atoms with Gasteiger partial charge in [-0.1, -0.05) is 23.4 Å². The van der Waals surface area contributed by atoms with E-state index in [1.807, 2.05) is 6.07 Å². The average Bonchev–Trinajstić information content (AvgIpc) is 3.12. The summed E-state index contributed by atoms with van der Waals surface area (Å²) in [4.78, 5) is 11.9. The number of nitrogens with two attached hydrogens (primary N) is 1. The SMILES string of the molecule is NCCNc1nonc1-c1noc(=O)n1-c1ccccc1. The lowest BCUT2D eigenvalue weighted by Crippen LogP contribution is -2.15. The van der Waals surface area contributed by atoms with Crippen molar-refractivity contribution in [3.8, 4) is 17.2 Å². The number of rotatable bonds is 5. The summed E-state index contributed by atoms with van der Waals surface area (Å²) in [6, 6.07) is 8.94. The van der Waals surface area contributed by atoms with Gasteiger partial charge in [0.15, 0.2) is 5.69 Å². The lowest BCUT2D eigenvalue weighted by Gasteiger charge is -2.03. The third kappa shape index (κ3) is 2.41. The van der Waals surface area contributed by atoms with Crippen LogP contribution in [-0.2, 0) is 0 Å². The number of benzene rings is 1. The Labute approximate surface area is 118 Å². The van der Waals surface area contributed by atoms with Crippen LogP contribution in [0.5, 0.6) is 0 Å². The van der Waals surface area contributed by atoms with Crippen LogP contribution in [0.3, 0.4) is 0 Å². The van der Waals surface area contributed by atoms with E-state index < -0.39 is 5.76 Å². The van der Waals surface area contributed by atoms with Gasteiger partial charge in [0.05, 0.1) is 5.69 Å². The molecule has 0 fully saturated rings. The first-order valence-electron chi connectivity index (χ1n) is 6.22. The quantitative estimate of drug-likeness (QED) is 0.684. The van der Waals surface area contributed by atoms with Crippen LogP contribution in [0.1, 0.15) is 0 Å². The molecule has 0 bridgehead atoms. The maximum absolute atomic E-state index is 11.9. The van der Waals surface area contributed by atoms with Gasteiger partial charge in [-0.2, -0.15) is 0 Å². The molecule has 0 unspecified atom stereocenters. The van der Waals surface area contributed by atoms with Crippen molar-refractivity contribution < 1.29 is 9.15 Å². The van der Waals surface area contributed by atoms with Crippen molar-refractivity contribution >= 4 is 5.82 Å². The fraction of sp³-hybridized carbons (Fsp3) is 0.167. The molecule has 21 heavy (non-hydrogen) atoms. The van der Waals surface area contributed by atoms with Gasteiger partial charge in [-0.3, -0.25) is 4.52 Å². The van der Waals surface area contributed by atoms with E-state index in [9.17, 15) is 4.79 Å². The zero-order valence-corrected chi connectivity index (χ0v) is 10.9. The zero-order chi connectivity index (χ0) is 14.7. The molecule has 0 amide bonds. The monoisotopic (exact) mass is 288 g/mol. The Bertz CT molecular complexity index is 776. The van der Waals surface area contributed by atoms with Gasteiger partial charge < -0.3 is 11.1 Å². The van der Waals surface area contributed by atoms with Crippen molar-refractivity contribution in [3.05, 3.63) is 40.9 Å². The van der Waals surface area contributed by atoms with Crippen molar-refractivity contribution in [1.29, 1.82) is 0 Å². The number of nitrogens with one attached hydrogen (secondary N) is 1. The van der Waals surface area contributed by atoms with Gasteiger partial charge >= 0.3 is 5.76 Å². The van der Waals surface area contributed by atoms with Gasteiger partial charge in [0.1, 0.15) is 0 Å². The molecule has 0 spiro atoms. The summed E-state index contributed by atoms with van der Waals surface area (Å²) in [6.07, 6.45) is 0. The van der Waals surface area contributed by atoms with E-state index in [-0.39, 0.29) is 11.5 Å². The summed E-state index contributed by atoms with van der Waals surface area (Å²) in [6.45, 7) is 0.894. The normalized spacial score (nSPS) is 10.7. The van der Waals surface area contributed by atoms with E-state index in [1.54, 1.807) is 24.3 Å². The lowest BCUT2D eigenvalue weighted by atomic mass is 10.3. The molecule has 0 saturated carbocycles. The Kier molecular flexibility index (Phi) is 3.48. The van der Waals surface area contributed by atoms with Gasteiger partial charge in [0.25, 0.3) is 0 Å². The molecule has 9 nitrogen and oxygen atoms in total. The largest absolute Gasteiger partial charge is 0.446 e. The Morgan fingerprint density at radius 2 is 2.00 bits per heavy atom. The molecular weight excluding hydrogens is 276 g/mol. The van der Waals surface area contributed by atoms with Crippen molar-refractivity contribution in [2.45, 2.75) is 0 Å². The van der Waals surface area contributed by atoms with Crippen LogP contribution in [0.15, 0.2) is 44.3 Å². The molecule has 0 atom stereocenters. The van der Waals surface area contributed by atoms with E-state index in [4.69, 9.17) is 14.9 Å². The number of hydrogen-bond donors (Lipinski definition) is 2. The number of nitrogens with zero attached hydrogens (tertiary/aromatic N) is 4. The van der Waals surface area contributed by atoms with Crippen LogP contribution < -0.4 is 16.8 Å². The van der Waals surface area contributed by atoms with E-state index in [1.165, 1.54) is 4.57 Å². The Morgan fingerprint density at radius 1 is 1.19 bits per heavy atom. The smallest absolute Gasteiger partial charge is 0.364 e. The minimum absolute atomic E-state index is 0.201. The van der Waals surface area contributed by atoms with Crippen molar-refractivity contribution in [3.63, 3.8) is 0 Å². The molecule has 0 aliphatic rings. The maximum atomic E-state index is 11.9. The second kappa shape index (κ2) is 5.59. The minimum Gasteiger partial charge on any atom is -0.364 e. The first-order chi connectivity index (χ1) is 10.3. The first kappa shape index (κ1) is 13.1. The minimum atomic E-state index is -0.621. The average molecular weight is 288 g/mol. The Balaban J connectivity index is 2.09. The summed E-state index contributed by atoms with van der Waals surface area (Å²) in [5.41, 5.74) is 6.31. The molecule has 9 heteroatoms. The Hall–Kier alpha value is -2.94. The number of para-hydroxylation sites is 1. The predicted octanol–water partition coefficient (Wildman–Crippen LogP) is 0.246. The van der Waals surface area contributed by atoms with Gasteiger partial charge in [-0.05, 0) is 22.4 Å². The van der Waals surface area contributed by atoms with Gasteiger partial charge in [-0.25, -0.2) is 14.0 Å².